The van der Waals surface area contributed by atoms with Crippen molar-refractivity contribution < 1.29 is 9.21 Å². The molecular formula is C9H12O2S. The first-order valence-electron chi connectivity index (χ1n) is 3.94. The third-order valence-electron chi connectivity index (χ3n) is 1.42. The van der Waals surface area contributed by atoms with Gasteiger partial charge in [-0.2, -0.15) is 11.8 Å². The average Bonchev–Trinajstić information content (AvgIpc) is 2.53. The molecular weight excluding hydrogens is 172 g/mol. The summed E-state index contributed by atoms with van der Waals surface area (Å²) in [4.78, 5) is 11.2. The molecule has 2 nitrogen and oxygen atoms in total. The highest BCUT2D eigenvalue weighted by Gasteiger charge is 2.04. The van der Waals surface area contributed by atoms with E-state index in [1.807, 2.05) is 13.0 Å². The van der Waals surface area contributed by atoms with Crippen LogP contribution < -0.4 is 0 Å². The Morgan fingerprint density at radius 2 is 2.50 bits per heavy atom. The third-order valence-corrected chi connectivity index (χ3v) is 2.35. The van der Waals surface area contributed by atoms with Gasteiger partial charge < -0.3 is 4.42 Å². The van der Waals surface area contributed by atoms with Gasteiger partial charge in [0.25, 0.3) is 0 Å². The van der Waals surface area contributed by atoms with Crippen molar-refractivity contribution in [1.29, 1.82) is 0 Å². The zero-order valence-electron chi connectivity index (χ0n) is 7.08. The molecule has 1 aromatic rings. The lowest BCUT2D eigenvalue weighted by Crippen LogP contribution is -2.04. The van der Waals surface area contributed by atoms with Crippen molar-refractivity contribution in [3.63, 3.8) is 0 Å². The number of rotatable bonds is 5. The van der Waals surface area contributed by atoms with E-state index < -0.39 is 0 Å². The van der Waals surface area contributed by atoms with E-state index in [9.17, 15) is 4.79 Å². The molecule has 1 heterocycles. The van der Waals surface area contributed by atoms with E-state index in [1.165, 1.54) is 0 Å². The highest BCUT2D eigenvalue weighted by atomic mass is 32.2. The minimum Gasteiger partial charge on any atom is -0.469 e. The smallest absolute Gasteiger partial charge is 0.150 e. The van der Waals surface area contributed by atoms with Crippen molar-refractivity contribution in [3.05, 3.63) is 24.2 Å². The molecule has 0 spiro atoms. The number of hydrogen-bond donors (Lipinski definition) is 0. The first-order chi connectivity index (χ1) is 5.83. The van der Waals surface area contributed by atoms with Crippen molar-refractivity contribution in [1.82, 2.24) is 0 Å². The molecule has 0 atom stereocenters. The van der Waals surface area contributed by atoms with Gasteiger partial charge in [0.15, 0.2) is 0 Å². The molecule has 0 radical (unpaired) electrons. The summed E-state index contributed by atoms with van der Waals surface area (Å²) in [7, 11) is 0. The second-order valence-corrected chi connectivity index (χ2v) is 3.71. The van der Waals surface area contributed by atoms with Gasteiger partial charge in [0.1, 0.15) is 11.5 Å². The lowest BCUT2D eigenvalue weighted by molar-refractivity contribution is -0.116. The minimum atomic E-state index is 0.233. The normalized spacial score (nSPS) is 10.1. The van der Waals surface area contributed by atoms with Crippen molar-refractivity contribution in [2.24, 2.45) is 0 Å². The number of hydrogen-bond acceptors (Lipinski definition) is 3. The van der Waals surface area contributed by atoms with Crippen molar-refractivity contribution >= 4 is 17.5 Å². The van der Waals surface area contributed by atoms with Crippen molar-refractivity contribution in [3.8, 4) is 0 Å². The Kier molecular flexibility index (Phi) is 3.94. The molecule has 0 aliphatic heterocycles. The van der Waals surface area contributed by atoms with Crippen LogP contribution in [0.4, 0.5) is 0 Å². The van der Waals surface area contributed by atoms with E-state index in [1.54, 1.807) is 24.1 Å². The summed E-state index contributed by atoms with van der Waals surface area (Å²) in [6.07, 6.45) is 2.02. The SMILES string of the molecule is CCSCC(=O)Cc1ccco1. The topological polar surface area (TPSA) is 30.2 Å². The van der Waals surface area contributed by atoms with E-state index in [4.69, 9.17) is 4.42 Å². The second kappa shape index (κ2) is 5.04. The quantitative estimate of drug-likeness (QED) is 0.702. The van der Waals surface area contributed by atoms with Gasteiger partial charge in [-0.25, -0.2) is 0 Å². The van der Waals surface area contributed by atoms with Gasteiger partial charge in [-0.15, -0.1) is 0 Å². The summed E-state index contributed by atoms with van der Waals surface area (Å²) in [6.45, 7) is 2.05. The Labute approximate surface area is 76.3 Å². The minimum absolute atomic E-state index is 0.233. The Morgan fingerprint density at radius 3 is 3.08 bits per heavy atom. The zero-order valence-corrected chi connectivity index (χ0v) is 7.89. The van der Waals surface area contributed by atoms with Crippen LogP contribution in [0.1, 0.15) is 12.7 Å². The van der Waals surface area contributed by atoms with Gasteiger partial charge in [0, 0.05) is 0 Å². The maximum Gasteiger partial charge on any atom is 0.150 e. The molecule has 0 bridgehead atoms. The number of Topliss-reactive ketones (excluding diaryl/α,β-unsaturated/α-hetero) is 1. The molecule has 3 heteroatoms. The first kappa shape index (κ1) is 9.39. The van der Waals surface area contributed by atoms with E-state index >= 15 is 0 Å². The fraction of sp³-hybridized carbons (Fsp3) is 0.444. The van der Waals surface area contributed by atoms with E-state index in [0.29, 0.717) is 12.2 Å². The highest BCUT2D eigenvalue weighted by Crippen LogP contribution is 2.05. The van der Waals surface area contributed by atoms with E-state index in [2.05, 4.69) is 0 Å². The average molecular weight is 184 g/mol. The van der Waals surface area contributed by atoms with Crippen LogP contribution in [0.25, 0.3) is 0 Å². The number of ketones is 1. The van der Waals surface area contributed by atoms with Crippen LogP contribution in [-0.4, -0.2) is 17.3 Å². The van der Waals surface area contributed by atoms with Gasteiger partial charge in [-0.1, -0.05) is 6.92 Å². The van der Waals surface area contributed by atoms with E-state index in [0.717, 1.165) is 11.5 Å². The second-order valence-electron chi connectivity index (χ2n) is 2.43. The van der Waals surface area contributed by atoms with Gasteiger partial charge in [-0.05, 0) is 17.9 Å². The van der Waals surface area contributed by atoms with Crippen LogP contribution in [0, 0.1) is 0 Å². The summed E-state index contributed by atoms with van der Waals surface area (Å²) in [6, 6.07) is 3.63. The van der Waals surface area contributed by atoms with Crippen LogP contribution in [-0.2, 0) is 11.2 Å². The fourth-order valence-corrected chi connectivity index (χ4v) is 1.41. The largest absolute Gasteiger partial charge is 0.469 e. The molecule has 0 fully saturated rings. The van der Waals surface area contributed by atoms with Crippen LogP contribution >= 0.6 is 11.8 Å². The number of thioether (sulfide) groups is 1. The summed E-state index contributed by atoms with van der Waals surface area (Å²) in [5, 5.41) is 0. The van der Waals surface area contributed by atoms with Crippen LogP contribution in [0.3, 0.4) is 0 Å². The Bertz CT molecular complexity index is 229. The van der Waals surface area contributed by atoms with E-state index in [-0.39, 0.29) is 5.78 Å². The summed E-state index contributed by atoms with van der Waals surface area (Å²) in [5.41, 5.74) is 0. The monoisotopic (exact) mass is 184 g/mol. The number of furan rings is 1. The first-order valence-corrected chi connectivity index (χ1v) is 5.10. The summed E-state index contributed by atoms with van der Waals surface area (Å²) in [5.74, 6) is 2.58. The standard InChI is InChI=1S/C9H12O2S/c1-2-12-7-8(10)6-9-4-3-5-11-9/h3-5H,2,6-7H2,1H3. The predicted molar refractivity (Wildman–Crippen MR) is 50.4 cm³/mol. The van der Waals surface area contributed by atoms with Crippen LogP contribution in [0.5, 0.6) is 0 Å². The molecule has 0 aromatic carbocycles. The number of carbonyl (C=O) groups excluding carboxylic acids is 1. The maximum absolute atomic E-state index is 11.2. The van der Waals surface area contributed by atoms with Crippen molar-refractivity contribution in [2.75, 3.05) is 11.5 Å². The molecule has 0 saturated heterocycles. The lowest BCUT2D eigenvalue weighted by Gasteiger charge is -1.95. The molecule has 0 aliphatic carbocycles. The molecule has 66 valence electrons. The lowest BCUT2D eigenvalue weighted by atomic mass is 10.2. The zero-order chi connectivity index (χ0) is 8.81. The molecule has 0 amide bonds. The molecule has 0 aliphatic rings. The fourth-order valence-electron chi connectivity index (χ4n) is 0.874. The Hall–Kier alpha value is -0.700. The van der Waals surface area contributed by atoms with Crippen molar-refractivity contribution in [2.45, 2.75) is 13.3 Å². The van der Waals surface area contributed by atoms with Gasteiger partial charge in [0.05, 0.1) is 18.4 Å². The van der Waals surface area contributed by atoms with Gasteiger partial charge >= 0.3 is 0 Å². The third kappa shape index (κ3) is 3.13. The number of carbonyl (C=O) groups is 1. The molecule has 0 saturated carbocycles. The maximum atomic E-state index is 11.2. The summed E-state index contributed by atoms with van der Waals surface area (Å²) >= 11 is 1.65. The molecule has 0 N–H and O–H groups in total. The van der Waals surface area contributed by atoms with Gasteiger partial charge in [0.2, 0.25) is 0 Å². The molecule has 12 heavy (non-hydrogen) atoms. The molecule has 1 rings (SSSR count). The Balaban J connectivity index is 2.27. The molecule has 0 unspecified atom stereocenters. The predicted octanol–water partition coefficient (Wildman–Crippen LogP) is 2.14. The van der Waals surface area contributed by atoms with Gasteiger partial charge in [-0.3, -0.25) is 4.79 Å². The Morgan fingerprint density at radius 1 is 1.67 bits per heavy atom. The highest BCUT2D eigenvalue weighted by molar-refractivity contribution is 7.99. The molecule has 1 aromatic heterocycles. The van der Waals surface area contributed by atoms with Crippen LogP contribution in [0.15, 0.2) is 22.8 Å². The summed E-state index contributed by atoms with van der Waals surface area (Å²) < 4.78 is 5.05. The van der Waals surface area contributed by atoms with Crippen LogP contribution in [0.2, 0.25) is 0 Å².